The van der Waals surface area contributed by atoms with Crippen LogP contribution in [0, 0.1) is 20.2 Å². The molecule has 0 bridgehead atoms. The summed E-state index contributed by atoms with van der Waals surface area (Å²) >= 11 is 5.77. The first kappa shape index (κ1) is 20.4. The number of aromatic nitrogens is 2. The van der Waals surface area contributed by atoms with Gasteiger partial charge in [-0.3, -0.25) is 35.9 Å². The molecule has 1 aromatic heterocycles. The largest absolute Gasteiger partial charge is 0.355 e. The van der Waals surface area contributed by atoms with E-state index in [1.807, 2.05) is 0 Å². The average Bonchev–Trinajstić information content (AvgIpc) is 2.72. The number of rotatable bonds is 7. The topological polar surface area (TPSA) is 165 Å². The van der Waals surface area contributed by atoms with Crippen LogP contribution in [-0.4, -0.2) is 25.7 Å². The maximum Gasteiger partial charge on any atom is 0.355 e. The summed E-state index contributed by atoms with van der Waals surface area (Å²) < 4.78 is 0. The Morgan fingerprint density at radius 3 is 2.33 bits per heavy atom. The van der Waals surface area contributed by atoms with E-state index >= 15 is 0 Å². The van der Waals surface area contributed by atoms with Crippen LogP contribution in [0.1, 0.15) is 10.4 Å². The number of non-ortho nitro benzene ring substituents is 1. The molecule has 0 atom stereocenters. The molecule has 30 heavy (non-hydrogen) atoms. The zero-order valence-electron chi connectivity index (χ0n) is 14.9. The van der Waals surface area contributed by atoms with E-state index in [1.54, 1.807) is 0 Å². The lowest BCUT2D eigenvalue weighted by Crippen LogP contribution is -2.30. The molecule has 0 aliphatic heterocycles. The third kappa shape index (κ3) is 4.74. The van der Waals surface area contributed by atoms with E-state index in [0.29, 0.717) is 5.02 Å². The number of nitro benzene ring substituents is 1. The second kappa shape index (κ2) is 8.79. The Balaban J connectivity index is 1.83. The molecule has 3 rings (SSSR count). The van der Waals surface area contributed by atoms with Crippen molar-refractivity contribution in [2.24, 2.45) is 0 Å². The van der Waals surface area contributed by atoms with Crippen LogP contribution in [0.3, 0.4) is 0 Å². The minimum absolute atomic E-state index is 0.203. The van der Waals surface area contributed by atoms with Gasteiger partial charge in [0.05, 0.1) is 9.85 Å². The molecule has 0 aliphatic carbocycles. The SMILES string of the molecule is O=C(NNc1ncnc(Nc2cccc([N+](=O)[O-])c2)c1[N+](=O)[O-])c1ccc(Cl)cc1. The van der Waals surface area contributed by atoms with Gasteiger partial charge in [0.2, 0.25) is 11.6 Å². The van der Waals surface area contributed by atoms with Crippen molar-refractivity contribution in [3.05, 3.63) is 85.7 Å². The second-order valence-corrected chi connectivity index (χ2v) is 6.13. The lowest BCUT2D eigenvalue weighted by molar-refractivity contribution is -0.384. The summed E-state index contributed by atoms with van der Waals surface area (Å²) in [4.78, 5) is 40.9. The molecule has 0 aliphatic rings. The number of nitrogens with one attached hydrogen (secondary N) is 3. The molecular weight excluding hydrogens is 418 g/mol. The van der Waals surface area contributed by atoms with Crippen LogP contribution in [0.4, 0.5) is 28.7 Å². The predicted molar refractivity (Wildman–Crippen MR) is 108 cm³/mol. The molecule has 152 valence electrons. The summed E-state index contributed by atoms with van der Waals surface area (Å²) in [5.74, 6) is -1.09. The summed E-state index contributed by atoms with van der Waals surface area (Å²) in [7, 11) is 0. The third-order valence-corrected chi connectivity index (χ3v) is 3.98. The van der Waals surface area contributed by atoms with Crippen LogP contribution in [-0.2, 0) is 0 Å². The molecule has 1 heterocycles. The lowest BCUT2D eigenvalue weighted by Gasteiger charge is -2.11. The maximum absolute atomic E-state index is 12.2. The standard InChI is InChI=1S/C17H12ClN7O5/c18-11-6-4-10(5-7-11)17(26)23-22-16-14(25(29)30)15(19-9-20-16)21-12-2-1-3-13(8-12)24(27)28/h1-9H,(H,23,26)(H2,19,20,21,22). The van der Waals surface area contributed by atoms with Gasteiger partial charge in [-0.2, -0.15) is 0 Å². The summed E-state index contributed by atoms with van der Waals surface area (Å²) in [6, 6.07) is 11.4. The Labute approximate surface area is 173 Å². The number of hydrogen-bond donors (Lipinski definition) is 3. The predicted octanol–water partition coefficient (Wildman–Crippen LogP) is 3.45. The molecule has 13 heteroatoms. The normalized spacial score (nSPS) is 10.2. The summed E-state index contributed by atoms with van der Waals surface area (Å²) in [5.41, 5.74) is 4.39. The molecule has 0 fully saturated rings. The van der Waals surface area contributed by atoms with Gasteiger partial charge < -0.3 is 5.32 Å². The number of nitrogens with zero attached hydrogens (tertiary/aromatic N) is 4. The molecule has 12 nitrogen and oxygen atoms in total. The van der Waals surface area contributed by atoms with Crippen LogP contribution >= 0.6 is 11.6 Å². The van der Waals surface area contributed by atoms with Gasteiger partial charge in [-0.15, -0.1) is 0 Å². The van der Waals surface area contributed by atoms with E-state index in [2.05, 4.69) is 26.1 Å². The lowest BCUT2D eigenvalue weighted by atomic mass is 10.2. The molecule has 3 aromatic rings. The van der Waals surface area contributed by atoms with E-state index < -0.39 is 21.4 Å². The van der Waals surface area contributed by atoms with Crippen molar-refractivity contribution in [1.82, 2.24) is 15.4 Å². The van der Waals surface area contributed by atoms with Crippen molar-refractivity contribution < 1.29 is 14.6 Å². The summed E-state index contributed by atoms with van der Waals surface area (Å²) in [6.45, 7) is 0. The Morgan fingerprint density at radius 1 is 0.967 bits per heavy atom. The van der Waals surface area contributed by atoms with Gasteiger partial charge in [0, 0.05) is 28.4 Å². The maximum atomic E-state index is 12.2. The Morgan fingerprint density at radius 2 is 1.67 bits per heavy atom. The quantitative estimate of drug-likeness (QED) is 0.376. The number of nitro groups is 2. The van der Waals surface area contributed by atoms with Gasteiger partial charge >= 0.3 is 5.69 Å². The highest BCUT2D eigenvalue weighted by Gasteiger charge is 2.24. The van der Waals surface area contributed by atoms with Crippen LogP contribution in [0.2, 0.25) is 5.02 Å². The minimum atomic E-state index is -0.754. The zero-order valence-corrected chi connectivity index (χ0v) is 15.7. The van der Waals surface area contributed by atoms with Crippen LogP contribution < -0.4 is 16.2 Å². The zero-order chi connectivity index (χ0) is 21.7. The monoisotopic (exact) mass is 429 g/mol. The van der Waals surface area contributed by atoms with E-state index in [4.69, 9.17) is 11.6 Å². The molecule has 1 amide bonds. The first-order valence-corrected chi connectivity index (χ1v) is 8.55. The van der Waals surface area contributed by atoms with E-state index in [9.17, 15) is 25.0 Å². The minimum Gasteiger partial charge on any atom is -0.334 e. The summed E-state index contributed by atoms with van der Waals surface area (Å²) in [5, 5.41) is 25.6. The first-order valence-electron chi connectivity index (χ1n) is 8.18. The van der Waals surface area contributed by atoms with Crippen molar-refractivity contribution in [3.8, 4) is 0 Å². The number of carbonyl (C=O) groups excluding carboxylic acids is 1. The van der Waals surface area contributed by atoms with Crippen LogP contribution in [0.5, 0.6) is 0 Å². The smallest absolute Gasteiger partial charge is 0.334 e. The second-order valence-electron chi connectivity index (χ2n) is 5.70. The average molecular weight is 430 g/mol. The molecule has 0 saturated carbocycles. The molecule has 0 unspecified atom stereocenters. The van der Waals surface area contributed by atoms with Crippen LogP contribution in [0.25, 0.3) is 0 Å². The fourth-order valence-electron chi connectivity index (χ4n) is 2.36. The number of anilines is 3. The number of carbonyl (C=O) groups is 1. The number of benzene rings is 2. The Hall–Kier alpha value is -4.32. The highest BCUT2D eigenvalue weighted by molar-refractivity contribution is 6.30. The number of hydrogen-bond acceptors (Lipinski definition) is 9. The number of hydrazine groups is 1. The van der Waals surface area contributed by atoms with Crippen molar-refractivity contribution in [1.29, 1.82) is 0 Å². The highest BCUT2D eigenvalue weighted by atomic mass is 35.5. The van der Waals surface area contributed by atoms with Gasteiger partial charge in [-0.1, -0.05) is 17.7 Å². The first-order chi connectivity index (χ1) is 14.3. The number of amides is 1. The van der Waals surface area contributed by atoms with E-state index in [1.165, 1.54) is 48.5 Å². The van der Waals surface area contributed by atoms with Gasteiger partial charge in [-0.25, -0.2) is 9.97 Å². The number of halogens is 1. The fraction of sp³-hybridized carbons (Fsp3) is 0. The third-order valence-electron chi connectivity index (χ3n) is 3.73. The van der Waals surface area contributed by atoms with E-state index in [0.717, 1.165) is 6.33 Å². The fourth-order valence-corrected chi connectivity index (χ4v) is 2.48. The van der Waals surface area contributed by atoms with Crippen molar-refractivity contribution in [3.63, 3.8) is 0 Å². The highest BCUT2D eigenvalue weighted by Crippen LogP contribution is 2.31. The van der Waals surface area contributed by atoms with Gasteiger partial charge in [0.15, 0.2) is 0 Å². The summed E-state index contributed by atoms with van der Waals surface area (Å²) in [6.07, 6.45) is 1.03. The molecule has 0 saturated heterocycles. The van der Waals surface area contributed by atoms with Gasteiger partial charge in [0.25, 0.3) is 11.6 Å². The Kier molecular flexibility index (Phi) is 5.98. The van der Waals surface area contributed by atoms with Crippen LogP contribution in [0.15, 0.2) is 54.9 Å². The van der Waals surface area contributed by atoms with Gasteiger partial charge in [0.1, 0.15) is 6.33 Å². The molecule has 0 radical (unpaired) electrons. The van der Waals surface area contributed by atoms with Crippen molar-refractivity contribution in [2.75, 3.05) is 10.7 Å². The molecule has 3 N–H and O–H groups in total. The van der Waals surface area contributed by atoms with Gasteiger partial charge in [-0.05, 0) is 30.3 Å². The Bertz CT molecular complexity index is 1120. The van der Waals surface area contributed by atoms with E-state index in [-0.39, 0.29) is 28.6 Å². The molecule has 2 aromatic carbocycles. The molecular formula is C17H12ClN7O5. The molecule has 0 spiro atoms. The van der Waals surface area contributed by atoms with Crippen molar-refractivity contribution in [2.45, 2.75) is 0 Å². The van der Waals surface area contributed by atoms with Crippen molar-refractivity contribution >= 4 is 46.2 Å².